The quantitative estimate of drug-likeness (QED) is 0.757. The highest BCUT2D eigenvalue weighted by Crippen LogP contribution is 2.15. The van der Waals surface area contributed by atoms with E-state index in [1.54, 1.807) is 0 Å². The average molecular weight is 298 g/mol. The van der Waals surface area contributed by atoms with Gasteiger partial charge in [-0.3, -0.25) is 0 Å². The van der Waals surface area contributed by atoms with Gasteiger partial charge >= 0.3 is 0 Å². The summed E-state index contributed by atoms with van der Waals surface area (Å²) in [5.41, 5.74) is 3.78. The maximum atomic E-state index is 5.86. The minimum Gasteiger partial charge on any atom is -0.489 e. The molecule has 3 nitrogen and oxygen atoms in total. The number of aryl methyl sites for hydroxylation is 1. The lowest BCUT2D eigenvalue weighted by atomic mass is 10.1. The second-order valence-corrected chi connectivity index (χ2v) is 5.84. The molecule has 0 atom stereocenters. The summed E-state index contributed by atoms with van der Waals surface area (Å²) in [4.78, 5) is 2.18. The van der Waals surface area contributed by atoms with E-state index in [1.807, 2.05) is 18.2 Å². The molecule has 0 aromatic heterocycles. The van der Waals surface area contributed by atoms with Crippen LogP contribution >= 0.6 is 0 Å². The molecule has 0 aliphatic rings. The van der Waals surface area contributed by atoms with Gasteiger partial charge in [-0.2, -0.15) is 0 Å². The second-order valence-electron chi connectivity index (χ2n) is 5.84. The SMILES string of the molecule is Cc1ccccc1COc1ccc(CNCCN(C)C)cc1. The van der Waals surface area contributed by atoms with Crippen LogP contribution in [0.15, 0.2) is 48.5 Å². The van der Waals surface area contributed by atoms with Gasteiger partial charge in [-0.1, -0.05) is 36.4 Å². The maximum absolute atomic E-state index is 5.86. The highest BCUT2D eigenvalue weighted by atomic mass is 16.5. The molecule has 0 radical (unpaired) electrons. The molecular formula is C19H26N2O. The van der Waals surface area contributed by atoms with Crippen LogP contribution in [0.5, 0.6) is 5.75 Å². The fraction of sp³-hybridized carbons (Fsp3) is 0.368. The first-order valence-electron chi connectivity index (χ1n) is 7.77. The van der Waals surface area contributed by atoms with Gasteiger partial charge < -0.3 is 15.0 Å². The van der Waals surface area contributed by atoms with Gasteiger partial charge in [-0.15, -0.1) is 0 Å². The molecule has 0 saturated heterocycles. The first-order valence-corrected chi connectivity index (χ1v) is 7.77. The van der Waals surface area contributed by atoms with Crippen molar-refractivity contribution in [2.24, 2.45) is 0 Å². The third kappa shape index (κ3) is 5.51. The fourth-order valence-electron chi connectivity index (χ4n) is 2.17. The summed E-state index contributed by atoms with van der Waals surface area (Å²) in [5, 5.41) is 3.44. The van der Waals surface area contributed by atoms with Crippen LogP contribution in [-0.4, -0.2) is 32.1 Å². The zero-order valence-corrected chi connectivity index (χ0v) is 13.8. The van der Waals surface area contributed by atoms with E-state index in [4.69, 9.17) is 4.74 Å². The number of hydrogen-bond acceptors (Lipinski definition) is 3. The van der Waals surface area contributed by atoms with Gasteiger partial charge in [0.2, 0.25) is 0 Å². The molecule has 0 saturated carbocycles. The normalized spacial score (nSPS) is 10.9. The van der Waals surface area contributed by atoms with Crippen molar-refractivity contribution < 1.29 is 4.74 Å². The Balaban J connectivity index is 1.78. The minimum atomic E-state index is 0.618. The van der Waals surface area contributed by atoms with Crippen LogP contribution in [0.2, 0.25) is 0 Å². The van der Waals surface area contributed by atoms with Crippen LogP contribution < -0.4 is 10.1 Å². The van der Waals surface area contributed by atoms with Crippen LogP contribution in [0.3, 0.4) is 0 Å². The summed E-state index contributed by atoms with van der Waals surface area (Å²) in [6, 6.07) is 16.7. The molecule has 3 heteroatoms. The Bertz CT molecular complexity index is 564. The van der Waals surface area contributed by atoms with E-state index in [-0.39, 0.29) is 0 Å². The number of nitrogens with zero attached hydrogens (tertiary/aromatic N) is 1. The molecular weight excluding hydrogens is 272 g/mol. The molecule has 0 fully saturated rings. The lowest BCUT2D eigenvalue weighted by Crippen LogP contribution is -2.26. The summed E-state index contributed by atoms with van der Waals surface area (Å²) in [6.07, 6.45) is 0. The van der Waals surface area contributed by atoms with Gasteiger partial charge in [0.05, 0.1) is 0 Å². The van der Waals surface area contributed by atoms with Crippen LogP contribution in [0, 0.1) is 6.92 Å². The summed E-state index contributed by atoms with van der Waals surface area (Å²) < 4.78 is 5.86. The smallest absolute Gasteiger partial charge is 0.119 e. The Labute approximate surface area is 133 Å². The van der Waals surface area contributed by atoms with Crippen molar-refractivity contribution in [1.82, 2.24) is 10.2 Å². The predicted molar refractivity (Wildman–Crippen MR) is 92.2 cm³/mol. The summed E-state index contributed by atoms with van der Waals surface area (Å²) in [5.74, 6) is 0.917. The van der Waals surface area contributed by atoms with Crippen molar-refractivity contribution in [1.29, 1.82) is 0 Å². The van der Waals surface area contributed by atoms with Gasteiger partial charge in [0.25, 0.3) is 0 Å². The Kier molecular flexibility index (Phi) is 6.44. The molecule has 0 spiro atoms. The number of ether oxygens (including phenoxy) is 1. The molecule has 2 rings (SSSR count). The van der Waals surface area contributed by atoms with E-state index in [2.05, 4.69) is 61.6 Å². The number of hydrogen-bond donors (Lipinski definition) is 1. The van der Waals surface area contributed by atoms with Gasteiger partial charge in [-0.25, -0.2) is 0 Å². The highest BCUT2D eigenvalue weighted by Gasteiger charge is 2.00. The van der Waals surface area contributed by atoms with Crippen molar-refractivity contribution >= 4 is 0 Å². The Morgan fingerprint density at radius 1 is 1.00 bits per heavy atom. The molecule has 0 heterocycles. The predicted octanol–water partition coefficient (Wildman–Crippen LogP) is 3.23. The molecule has 0 aliphatic heterocycles. The van der Waals surface area contributed by atoms with Crippen molar-refractivity contribution in [2.45, 2.75) is 20.1 Å². The molecule has 22 heavy (non-hydrogen) atoms. The van der Waals surface area contributed by atoms with E-state index in [0.29, 0.717) is 6.61 Å². The zero-order valence-electron chi connectivity index (χ0n) is 13.8. The Morgan fingerprint density at radius 2 is 1.73 bits per heavy atom. The van der Waals surface area contributed by atoms with E-state index >= 15 is 0 Å². The fourth-order valence-corrected chi connectivity index (χ4v) is 2.17. The molecule has 0 unspecified atom stereocenters. The molecule has 1 N–H and O–H groups in total. The molecule has 0 amide bonds. The van der Waals surface area contributed by atoms with Gasteiger partial charge in [0.15, 0.2) is 0 Å². The monoisotopic (exact) mass is 298 g/mol. The van der Waals surface area contributed by atoms with Crippen molar-refractivity contribution in [3.05, 3.63) is 65.2 Å². The first-order chi connectivity index (χ1) is 10.6. The highest BCUT2D eigenvalue weighted by molar-refractivity contribution is 5.29. The zero-order chi connectivity index (χ0) is 15.8. The van der Waals surface area contributed by atoms with Crippen LogP contribution in [0.4, 0.5) is 0 Å². The minimum absolute atomic E-state index is 0.618. The summed E-state index contributed by atoms with van der Waals surface area (Å²) in [7, 11) is 4.17. The van der Waals surface area contributed by atoms with Gasteiger partial charge in [-0.05, 0) is 49.8 Å². The molecule has 2 aromatic carbocycles. The molecule has 0 aliphatic carbocycles. The van der Waals surface area contributed by atoms with Crippen LogP contribution in [0.1, 0.15) is 16.7 Å². The number of likely N-dealkylation sites (N-methyl/N-ethyl adjacent to an activating group) is 1. The molecule has 118 valence electrons. The van der Waals surface area contributed by atoms with Crippen molar-refractivity contribution in [3.8, 4) is 5.75 Å². The number of nitrogens with one attached hydrogen (secondary N) is 1. The van der Waals surface area contributed by atoms with Crippen LogP contribution in [-0.2, 0) is 13.2 Å². The third-order valence-corrected chi connectivity index (χ3v) is 3.64. The van der Waals surface area contributed by atoms with Gasteiger partial charge in [0, 0.05) is 19.6 Å². The van der Waals surface area contributed by atoms with E-state index < -0.39 is 0 Å². The lowest BCUT2D eigenvalue weighted by Gasteiger charge is -2.11. The standard InChI is InChI=1S/C19H26N2O/c1-16-6-4-5-7-18(16)15-22-19-10-8-17(9-11-19)14-20-12-13-21(2)3/h4-11,20H,12-15H2,1-3H3. The van der Waals surface area contributed by atoms with E-state index in [0.717, 1.165) is 25.4 Å². The molecule has 2 aromatic rings. The largest absolute Gasteiger partial charge is 0.489 e. The number of rotatable bonds is 8. The maximum Gasteiger partial charge on any atom is 0.119 e. The summed E-state index contributed by atoms with van der Waals surface area (Å²) >= 11 is 0. The Morgan fingerprint density at radius 3 is 2.41 bits per heavy atom. The Hall–Kier alpha value is -1.84. The summed E-state index contributed by atoms with van der Waals surface area (Å²) in [6.45, 7) is 5.68. The van der Waals surface area contributed by atoms with E-state index in [1.165, 1.54) is 16.7 Å². The number of benzene rings is 2. The first kappa shape index (κ1) is 16.5. The second kappa shape index (κ2) is 8.57. The third-order valence-electron chi connectivity index (χ3n) is 3.64. The molecule has 0 bridgehead atoms. The topological polar surface area (TPSA) is 24.5 Å². The van der Waals surface area contributed by atoms with E-state index in [9.17, 15) is 0 Å². The van der Waals surface area contributed by atoms with Crippen molar-refractivity contribution in [3.63, 3.8) is 0 Å². The van der Waals surface area contributed by atoms with Crippen LogP contribution in [0.25, 0.3) is 0 Å². The van der Waals surface area contributed by atoms with Gasteiger partial charge in [0.1, 0.15) is 12.4 Å². The van der Waals surface area contributed by atoms with Crippen molar-refractivity contribution in [2.75, 3.05) is 27.2 Å². The lowest BCUT2D eigenvalue weighted by molar-refractivity contribution is 0.305. The average Bonchev–Trinajstić information content (AvgIpc) is 2.52.